The Bertz CT molecular complexity index is 1320. The smallest absolute Gasteiger partial charge is 0.252 e. The zero-order valence-electron chi connectivity index (χ0n) is 17.8. The Morgan fingerprint density at radius 2 is 1.94 bits per heavy atom. The van der Waals surface area contributed by atoms with Crippen LogP contribution in [0.15, 0.2) is 66.1 Å². The first-order valence-corrected chi connectivity index (χ1v) is 10.8. The van der Waals surface area contributed by atoms with Crippen molar-refractivity contribution in [3.63, 3.8) is 0 Å². The van der Waals surface area contributed by atoms with Gasteiger partial charge in [-0.15, -0.1) is 0 Å². The summed E-state index contributed by atoms with van der Waals surface area (Å²) in [6, 6.07) is 11.2. The van der Waals surface area contributed by atoms with Crippen molar-refractivity contribution in [2.75, 3.05) is 0 Å². The van der Waals surface area contributed by atoms with Gasteiger partial charge in [0.15, 0.2) is 0 Å². The second-order valence-corrected chi connectivity index (χ2v) is 8.25. The maximum absolute atomic E-state index is 13.0. The summed E-state index contributed by atoms with van der Waals surface area (Å²) in [5, 5.41) is 8.46. The van der Waals surface area contributed by atoms with E-state index in [2.05, 4.69) is 20.4 Å². The monoisotopic (exact) mass is 428 g/mol. The Hall–Kier alpha value is -3.81. The van der Waals surface area contributed by atoms with Gasteiger partial charge in [-0.3, -0.25) is 14.3 Å². The highest BCUT2D eigenvalue weighted by Gasteiger charge is 2.25. The van der Waals surface area contributed by atoms with E-state index in [1.165, 1.54) is 12.4 Å². The van der Waals surface area contributed by atoms with E-state index in [0.29, 0.717) is 11.6 Å². The summed E-state index contributed by atoms with van der Waals surface area (Å²) >= 11 is 0. The zero-order valence-corrected chi connectivity index (χ0v) is 17.8. The molecule has 1 aliphatic rings. The van der Waals surface area contributed by atoms with Crippen LogP contribution < -0.4 is 10.9 Å². The number of aromatic nitrogens is 5. The molecule has 8 nitrogen and oxygen atoms in total. The first-order valence-electron chi connectivity index (χ1n) is 10.8. The molecule has 0 unspecified atom stereocenters. The van der Waals surface area contributed by atoms with Gasteiger partial charge < -0.3 is 9.88 Å². The number of carbonyl (C=O) groups excluding carboxylic acids is 1. The molecule has 0 atom stereocenters. The summed E-state index contributed by atoms with van der Waals surface area (Å²) in [6.45, 7) is 0. The van der Waals surface area contributed by atoms with Crippen molar-refractivity contribution in [2.24, 2.45) is 7.05 Å². The highest BCUT2D eigenvalue weighted by atomic mass is 16.2. The van der Waals surface area contributed by atoms with Crippen LogP contribution in [0, 0.1) is 0 Å². The molecule has 1 amide bonds. The molecule has 162 valence electrons. The van der Waals surface area contributed by atoms with Gasteiger partial charge in [0.25, 0.3) is 11.5 Å². The second-order valence-electron chi connectivity index (χ2n) is 8.25. The van der Waals surface area contributed by atoms with Crippen LogP contribution >= 0.6 is 0 Å². The SMILES string of the molecule is Cn1c(=O)cc(C(=O)NC2CCC(n3cc(-c4ccncn4)cn3)CC2)c2ccccc21. The predicted octanol–water partition coefficient (Wildman–Crippen LogP) is 3.11. The first-order chi connectivity index (χ1) is 15.6. The zero-order chi connectivity index (χ0) is 22.1. The molecule has 1 aromatic carbocycles. The van der Waals surface area contributed by atoms with Crippen LogP contribution in [-0.2, 0) is 7.05 Å². The molecule has 0 radical (unpaired) electrons. The van der Waals surface area contributed by atoms with Gasteiger partial charge in [-0.05, 0) is 37.8 Å². The lowest BCUT2D eigenvalue weighted by Gasteiger charge is -2.29. The second kappa shape index (κ2) is 8.37. The number of fused-ring (bicyclic) bond motifs is 1. The number of rotatable bonds is 4. The first kappa shape index (κ1) is 20.1. The van der Waals surface area contributed by atoms with Gasteiger partial charge in [-0.2, -0.15) is 5.10 Å². The summed E-state index contributed by atoms with van der Waals surface area (Å²) in [5.74, 6) is -0.188. The van der Waals surface area contributed by atoms with Crippen LogP contribution in [0.3, 0.4) is 0 Å². The van der Waals surface area contributed by atoms with Crippen LogP contribution in [0.4, 0.5) is 0 Å². The van der Waals surface area contributed by atoms with Crippen LogP contribution in [0.2, 0.25) is 0 Å². The van der Waals surface area contributed by atoms with Gasteiger partial charge in [0.1, 0.15) is 6.33 Å². The number of nitrogens with one attached hydrogen (secondary N) is 1. The van der Waals surface area contributed by atoms with Crippen LogP contribution in [0.25, 0.3) is 22.2 Å². The highest BCUT2D eigenvalue weighted by molar-refractivity contribution is 6.06. The van der Waals surface area contributed by atoms with Crippen molar-refractivity contribution in [2.45, 2.75) is 37.8 Å². The fraction of sp³-hybridized carbons (Fsp3) is 0.292. The molecule has 4 aromatic rings. The molecule has 3 aromatic heterocycles. The third-order valence-electron chi connectivity index (χ3n) is 6.28. The third-order valence-corrected chi connectivity index (χ3v) is 6.28. The van der Waals surface area contributed by atoms with Gasteiger partial charge in [0, 0.05) is 42.5 Å². The lowest BCUT2D eigenvalue weighted by molar-refractivity contribution is 0.0923. The van der Waals surface area contributed by atoms with Crippen molar-refractivity contribution in [3.8, 4) is 11.3 Å². The Labute approximate surface area is 184 Å². The molecule has 1 fully saturated rings. The van der Waals surface area contributed by atoms with Crippen LogP contribution in [0.5, 0.6) is 0 Å². The Kier molecular flexibility index (Phi) is 5.26. The van der Waals surface area contributed by atoms with Crippen LogP contribution in [-0.4, -0.2) is 36.3 Å². The summed E-state index contributed by atoms with van der Waals surface area (Å²) < 4.78 is 3.57. The lowest BCUT2D eigenvalue weighted by Crippen LogP contribution is -2.38. The van der Waals surface area contributed by atoms with E-state index >= 15 is 0 Å². The molecule has 1 N–H and O–H groups in total. The Morgan fingerprint density at radius 3 is 2.72 bits per heavy atom. The molecule has 5 rings (SSSR count). The molecule has 0 aliphatic heterocycles. The average molecular weight is 428 g/mol. The third kappa shape index (κ3) is 3.79. The fourth-order valence-electron chi connectivity index (χ4n) is 4.48. The topological polar surface area (TPSA) is 94.7 Å². The molecule has 8 heteroatoms. The summed E-state index contributed by atoms with van der Waals surface area (Å²) in [6.07, 6.45) is 10.7. The molecule has 1 aliphatic carbocycles. The fourth-order valence-corrected chi connectivity index (χ4v) is 4.48. The minimum atomic E-state index is -0.188. The molecule has 0 bridgehead atoms. The Balaban J connectivity index is 1.26. The molecule has 1 saturated carbocycles. The molecule has 0 saturated heterocycles. The normalized spacial score (nSPS) is 18.5. The molecular formula is C24H24N6O2. The number of nitrogens with zero attached hydrogens (tertiary/aromatic N) is 5. The van der Waals surface area contributed by atoms with E-state index in [4.69, 9.17) is 0 Å². The van der Waals surface area contributed by atoms with E-state index in [-0.39, 0.29) is 17.5 Å². The van der Waals surface area contributed by atoms with Gasteiger partial charge in [-0.1, -0.05) is 18.2 Å². The minimum Gasteiger partial charge on any atom is -0.349 e. The molecule has 32 heavy (non-hydrogen) atoms. The van der Waals surface area contributed by atoms with Crippen molar-refractivity contribution >= 4 is 16.8 Å². The highest BCUT2D eigenvalue weighted by Crippen LogP contribution is 2.29. The lowest BCUT2D eigenvalue weighted by atomic mass is 9.91. The van der Waals surface area contributed by atoms with E-state index in [1.807, 2.05) is 47.4 Å². The van der Waals surface area contributed by atoms with E-state index in [1.54, 1.807) is 17.8 Å². The summed E-state index contributed by atoms with van der Waals surface area (Å²) in [5.41, 5.74) is 2.84. The Morgan fingerprint density at radius 1 is 1.12 bits per heavy atom. The number of pyridine rings is 1. The maximum Gasteiger partial charge on any atom is 0.252 e. The predicted molar refractivity (Wildman–Crippen MR) is 121 cm³/mol. The minimum absolute atomic E-state index is 0.0819. The number of benzene rings is 1. The van der Waals surface area contributed by atoms with Crippen molar-refractivity contribution in [3.05, 3.63) is 77.2 Å². The number of carbonyl (C=O) groups is 1. The largest absolute Gasteiger partial charge is 0.349 e. The molecule has 0 spiro atoms. The summed E-state index contributed by atoms with van der Waals surface area (Å²) in [4.78, 5) is 33.6. The van der Waals surface area contributed by atoms with Crippen molar-refractivity contribution in [1.29, 1.82) is 0 Å². The summed E-state index contributed by atoms with van der Waals surface area (Å²) in [7, 11) is 1.72. The van der Waals surface area contributed by atoms with Crippen molar-refractivity contribution < 1.29 is 4.79 Å². The van der Waals surface area contributed by atoms with Crippen molar-refractivity contribution in [1.82, 2.24) is 29.6 Å². The quantitative estimate of drug-likeness (QED) is 0.539. The van der Waals surface area contributed by atoms with Gasteiger partial charge in [-0.25, -0.2) is 9.97 Å². The van der Waals surface area contributed by atoms with Gasteiger partial charge in [0.2, 0.25) is 0 Å². The van der Waals surface area contributed by atoms with Crippen LogP contribution in [0.1, 0.15) is 42.1 Å². The van der Waals surface area contributed by atoms with E-state index < -0.39 is 0 Å². The van der Waals surface area contributed by atoms with E-state index in [9.17, 15) is 9.59 Å². The number of hydrogen-bond donors (Lipinski definition) is 1. The van der Waals surface area contributed by atoms with E-state index in [0.717, 1.165) is 47.8 Å². The number of amides is 1. The standard InChI is InChI=1S/C24H24N6O2/c1-29-22-5-3-2-4-19(22)20(12-23(29)31)24(32)28-17-6-8-18(9-7-17)30-14-16(13-27-30)21-10-11-25-15-26-21/h2-5,10-15,17-18H,6-9H2,1H3,(H,28,32). The molecular weight excluding hydrogens is 404 g/mol. The van der Waals surface area contributed by atoms with Gasteiger partial charge >= 0.3 is 0 Å². The number of para-hydroxylation sites is 1. The van der Waals surface area contributed by atoms with Gasteiger partial charge in [0.05, 0.1) is 29.0 Å². The maximum atomic E-state index is 13.0. The number of aryl methyl sites for hydroxylation is 1. The molecule has 3 heterocycles. The average Bonchev–Trinajstić information content (AvgIpc) is 3.33. The number of hydrogen-bond acceptors (Lipinski definition) is 5.